The average molecular weight is 421 g/mol. The fourth-order valence-electron chi connectivity index (χ4n) is 4.14. The summed E-state index contributed by atoms with van der Waals surface area (Å²) in [7, 11) is 0. The smallest absolute Gasteiger partial charge is 0.287 e. The third-order valence-corrected chi connectivity index (χ3v) is 5.83. The van der Waals surface area contributed by atoms with E-state index in [2.05, 4.69) is 9.97 Å². The van der Waals surface area contributed by atoms with E-state index in [1.165, 1.54) is 4.90 Å². The molecule has 2 aromatic carbocycles. The zero-order valence-electron chi connectivity index (χ0n) is 16.9. The molecule has 7 heteroatoms. The number of carbonyl (C=O) groups is 1. The van der Waals surface area contributed by atoms with E-state index >= 15 is 0 Å². The van der Waals surface area contributed by atoms with Crippen LogP contribution in [0.25, 0.3) is 21.8 Å². The number of alkyl halides is 2. The molecule has 2 aromatic heterocycles. The SMILES string of the molecule is Cc1c[nH]c2cccc(C(=O)N3CCC(F)(F)C(Oc4ccc5ccccc5n4)C3)c12. The number of pyridine rings is 1. The number of nitrogens with zero attached hydrogens (tertiary/aromatic N) is 2. The number of H-pyrrole nitrogens is 1. The van der Waals surface area contributed by atoms with Gasteiger partial charge in [-0.15, -0.1) is 0 Å². The lowest BCUT2D eigenvalue weighted by atomic mass is 10.0. The van der Waals surface area contributed by atoms with E-state index in [-0.39, 0.29) is 24.9 Å². The molecule has 3 heterocycles. The standard InChI is InChI=1S/C24H21F2N3O2/c1-15-13-27-19-8-4-6-17(22(15)19)23(30)29-12-11-24(25,26)20(14-29)31-21-10-9-16-5-2-3-7-18(16)28-21/h2-10,13,20,27H,11-12,14H2,1H3. The molecule has 1 saturated heterocycles. The van der Waals surface area contributed by atoms with Crippen LogP contribution in [0, 0.1) is 6.92 Å². The first-order valence-electron chi connectivity index (χ1n) is 10.2. The number of para-hydroxylation sites is 1. The van der Waals surface area contributed by atoms with Gasteiger partial charge in [0.2, 0.25) is 5.88 Å². The van der Waals surface area contributed by atoms with Gasteiger partial charge < -0.3 is 14.6 Å². The Balaban J connectivity index is 1.41. The lowest BCUT2D eigenvalue weighted by Crippen LogP contribution is -2.55. The number of halogens is 2. The van der Waals surface area contributed by atoms with Crippen LogP contribution in [0.4, 0.5) is 8.78 Å². The quantitative estimate of drug-likeness (QED) is 0.509. The summed E-state index contributed by atoms with van der Waals surface area (Å²) in [4.78, 5) is 22.2. The molecule has 5 nitrogen and oxygen atoms in total. The number of aromatic nitrogens is 2. The van der Waals surface area contributed by atoms with Gasteiger partial charge in [0.25, 0.3) is 11.8 Å². The van der Waals surface area contributed by atoms with E-state index in [0.717, 1.165) is 21.9 Å². The monoisotopic (exact) mass is 421 g/mol. The number of likely N-dealkylation sites (tertiary alicyclic amines) is 1. The second-order valence-electron chi connectivity index (χ2n) is 7.91. The molecular formula is C24H21F2N3O2. The van der Waals surface area contributed by atoms with Crippen molar-refractivity contribution < 1.29 is 18.3 Å². The summed E-state index contributed by atoms with van der Waals surface area (Å²) in [6, 6.07) is 16.2. The fraction of sp³-hybridized carbons (Fsp3) is 0.250. The summed E-state index contributed by atoms with van der Waals surface area (Å²) in [5.74, 6) is -3.20. The van der Waals surface area contributed by atoms with Crippen molar-refractivity contribution in [2.75, 3.05) is 13.1 Å². The molecule has 1 N–H and O–H groups in total. The second kappa shape index (κ2) is 7.34. The summed E-state index contributed by atoms with van der Waals surface area (Å²) >= 11 is 0. The zero-order valence-corrected chi connectivity index (χ0v) is 16.9. The van der Waals surface area contributed by atoms with Crippen molar-refractivity contribution in [1.29, 1.82) is 0 Å². The van der Waals surface area contributed by atoms with Crippen LogP contribution in [0.1, 0.15) is 22.3 Å². The summed E-state index contributed by atoms with van der Waals surface area (Å²) in [5.41, 5.74) is 2.96. The van der Waals surface area contributed by atoms with E-state index in [0.29, 0.717) is 11.1 Å². The van der Waals surface area contributed by atoms with Crippen molar-refractivity contribution in [3.05, 3.63) is 71.9 Å². The number of rotatable bonds is 3. The summed E-state index contributed by atoms with van der Waals surface area (Å²) in [5, 5.41) is 1.72. The second-order valence-corrected chi connectivity index (χ2v) is 7.91. The van der Waals surface area contributed by atoms with Crippen molar-refractivity contribution in [2.24, 2.45) is 0 Å². The molecule has 1 fully saturated rings. The molecule has 1 aliphatic heterocycles. The van der Waals surface area contributed by atoms with Gasteiger partial charge in [0.05, 0.1) is 12.1 Å². The van der Waals surface area contributed by atoms with E-state index in [4.69, 9.17) is 4.74 Å². The minimum atomic E-state index is -3.06. The van der Waals surface area contributed by atoms with Crippen LogP contribution in [0.15, 0.2) is 60.8 Å². The van der Waals surface area contributed by atoms with Gasteiger partial charge in [0, 0.05) is 47.1 Å². The number of ether oxygens (including phenoxy) is 1. The Hall–Kier alpha value is -3.48. The third-order valence-electron chi connectivity index (χ3n) is 5.83. The molecule has 1 atom stereocenters. The van der Waals surface area contributed by atoms with Crippen molar-refractivity contribution in [3.8, 4) is 5.88 Å². The molecule has 1 amide bonds. The molecule has 0 saturated carbocycles. The Morgan fingerprint density at radius 1 is 1.16 bits per heavy atom. The van der Waals surface area contributed by atoms with Crippen LogP contribution in [0.2, 0.25) is 0 Å². The number of benzene rings is 2. The number of aromatic amines is 1. The number of fused-ring (bicyclic) bond motifs is 2. The van der Waals surface area contributed by atoms with Gasteiger partial charge in [-0.3, -0.25) is 4.79 Å². The lowest BCUT2D eigenvalue weighted by Gasteiger charge is -2.38. The van der Waals surface area contributed by atoms with Gasteiger partial charge >= 0.3 is 0 Å². The van der Waals surface area contributed by atoms with Crippen molar-refractivity contribution >= 4 is 27.7 Å². The largest absolute Gasteiger partial charge is 0.466 e. The number of hydrogen-bond acceptors (Lipinski definition) is 3. The van der Waals surface area contributed by atoms with Gasteiger partial charge in [-0.1, -0.05) is 24.3 Å². The van der Waals surface area contributed by atoms with Crippen molar-refractivity contribution in [3.63, 3.8) is 0 Å². The number of hydrogen-bond donors (Lipinski definition) is 1. The van der Waals surface area contributed by atoms with E-state index in [1.54, 1.807) is 30.3 Å². The predicted octanol–water partition coefficient (Wildman–Crippen LogP) is 4.95. The first-order valence-corrected chi connectivity index (χ1v) is 10.2. The summed E-state index contributed by atoms with van der Waals surface area (Å²) in [6.07, 6.45) is -0.0901. The maximum Gasteiger partial charge on any atom is 0.287 e. The number of nitrogens with one attached hydrogen (secondary N) is 1. The fourth-order valence-corrected chi connectivity index (χ4v) is 4.14. The topological polar surface area (TPSA) is 58.2 Å². The van der Waals surface area contributed by atoms with E-state index < -0.39 is 18.4 Å². The number of carbonyl (C=O) groups excluding carboxylic acids is 1. The number of amides is 1. The Kier molecular flexibility index (Phi) is 4.61. The Bertz CT molecular complexity index is 1280. The minimum Gasteiger partial charge on any atom is -0.466 e. The lowest BCUT2D eigenvalue weighted by molar-refractivity contribution is -0.131. The molecule has 31 heavy (non-hydrogen) atoms. The number of aryl methyl sites for hydroxylation is 1. The predicted molar refractivity (Wildman–Crippen MR) is 115 cm³/mol. The molecule has 1 aliphatic rings. The normalized spacial score (nSPS) is 18.4. The van der Waals surface area contributed by atoms with Crippen LogP contribution in [-0.4, -0.2) is 45.9 Å². The highest BCUT2D eigenvalue weighted by Crippen LogP contribution is 2.33. The molecule has 4 aromatic rings. The van der Waals surface area contributed by atoms with Crippen molar-refractivity contribution in [2.45, 2.75) is 25.4 Å². The summed E-state index contributed by atoms with van der Waals surface area (Å²) < 4.78 is 35.0. The Morgan fingerprint density at radius 2 is 2.00 bits per heavy atom. The Labute approximate surface area is 177 Å². The van der Waals surface area contributed by atoms with Gasteiger partial charge in [0.15, 0.2) is 6.10 Å². The molecule has 0 radical (unpaired) electrons. The molecule has 0 spiro atoms. The maximum atomic E-state index is 14.7. The first kappa shape index (κ1) is 19.5. The third kappa shape index (κ3) is 3.50. The van der Waals surface area contributed by atoms with Gasteiger partial charge in [-0.2, -0.15) is 0 Å². The maximum absolute atomic E-state index is 14.7. The van der Waals surface area contributed by atoms with Gasteiger partial charge in [-0.25, -0.2) is 13.8 Å². The molecular weight excluding hydrogens is 400 g/mol. The summed E-state index contributed by atoms with van der Waals surface area (Å²) in [6.45, 7) is 1.67. The van der Waals surface area contributed by atoms with Crippen LogP contribution in [0.3, 0.4) is 0 Å². The zero-order chi connectivity index (χ0) is 21.6. The van der Waals surface area contributed by atoms with Crippen LogP contribution >= 0.6 is 0 Å². The average Bonchev–Trinajstić information content (AvgIpc) is 3.16. The molecule has 158 valence electrons. The van der Waals surface area contributed by atoms with Crippen LogP contribution in [0.5, 0.6) is 5.88 Å². The highest BCUT2D eigenvalue weighted by atomic mass is 19.3. The van der Waals surface area contributed by atoms with Crippen molar-refractivity contribution in [1.82, 2.24) is 14.9 Å². The van der Waals surface area contributed by atoms with Crippen LogP contribution in [-0.2, 0) is 0 Å². The van der Waals surface area contributed by atoms with Gasteiger partial charge in [-0.05, 0) is 36.8 Å². The van der Waals surface area contributed by atoms with E-state index in [1.807, 2.05) is 37.4 Å². The van der Waals surface area contributed by atoms with Gasteiger partial charge in [0.1, 0.15) is 0 Å². The highest BCUT2D eigenvalue weighted by molar-refractivity contribution is 6.07. The Morgan fingerprint density at radius 3 is 2.87 bits per heavy atom. The van der Waals surface area contributed by atoms with Crippen LogP contribution < -0.4 is 4.74 Å². The molecule has 1 unspecified atom stereocenters. The van der Waals surface area contributed by atoms with E-state index in [9.17, 15) is 13.6 Å². The molecule has 0 aliphatic carbocycles. The highest BCUT2D eigenvalue weighted by Gasteiger charge is 2.47. The number of piperidine rings is 1. The molecule has 0 bridgehead atoms. The minimum absolute atomic E-state index is 0.0311. The molecule has 5 rings (SSSR count). The first-order chi connectivity index (χ1) is 14.9.